The molecular weight excluding hydrogens is 340 g/mol. The van der Waals surface area contributed by atoms with Crippen LogP contribution < -0.4 is 10.2 Å². The summed E-state index contributed by atoms with van der Waals surface area (Å²) in [6, 6.07) is 13.3. The first kappa shape index (κ1) is 16.8. The second-order valence-corrected chi connectivity index (χ2v) is 6.52. The third kappa shape index (κ3) is 3.67. The number of nitrogens with zero attached hydrogens (tertiary/aromatic N) is 5. The molecule has 4 aromatic rings. The van der Waals surface area contributed by atoms with E-state index in [1.165, 1.54) is 0 Å². The number of imidazole rings is 1. The van der Waals surface area contributed by atoms with Gasteiger partial charge in [-0.1, -0.05) is 6.07 Å². The summed E-state index contributed by atoms with van der Waals surface area (Å²) >= 11 is 0. The normalized spacial score (nSPS) is 10.9. The van der Waals surface area contributed by atoms with E-state index in [1.54, 1.807) is 17.1 Å². The van der Waals surface area contributed by atoms with Crippen LogP contribution in [0.2, 0.25) is 0 Å². The molecule has 0 saturated carbocycles. The maximum absolute atomic E-state index is 12.4. The van der Waals surface area contributed by atoms with Crippen LogP contribution in [-0.4, -0.2) is 39.2 Å². The molecule has 0 atom stereocenters. The number of rotatable bonds is 5. The minimum atomic E-state index is -0.160. The SMILES string of the molecule is CN(C)c1ccc(C(=O)Nc2cnn(Cc3cn4ccccc4n3)c2)cc1. The van der Waals surface area contributed by atoms with Gasteiger partial charge in [-0.2, -0.15) is 5.10 Å². The van der Waals surface area contributed by atoms with E-state index in [9.17, 15) is 4.79 Å². The molecule has 7 heteroatoms. The van der Waals surface area contributed by atoms with Crippen LogP contribution in [0.3, 0.4) is 0 Å². The van der Waals surface area contributed by atoms with Gasteiger partial charge in [0.05, 0.1) is 24.1 Å². The summed E-state index contributed by atoms with van der Waals surface area (Å²) in [5, 5.41) is 7.19. The Kier molecular flexibility index (Phi) is 4.33. The average Bonchev–Trinajstić information content (AvgIpc) is 3.28. The fourth-order valence-electron chi connectivity index (χ4n) is 2.86. The molecule has 3 aromatic heterocycles. The lowest BCUT2D eigenvalue weighted by Gasteiger charge is -2.12. The van der Waals surface area contributed by atoms with Crippen LogP contribution in [-0.2, 0) is 6.54 Å². The molecule has 1 amide bonds. The van der Waals surface area contributed by atoms with Crippen molar-refractivity contribution in [1.29, 1.82) is 0 Å². The monoisotopic (exact) mass is 360 g/mol. The second kappa shape index (κ2) is 6.95. The molecule has 4 rings (SSSR count). The molecule has 3 heterocycles. The molecule has 0 radical (unpaired) electrons. The first-order chi connectivity index (χ1) is 13.1. The van der Waals surface area contributed by atoms with E-state index in [0.717, 1.165) is 17.0 Å². The molecule has 27 heavy (non-hydrogen) atoms. The predicted octanol–water partition coefficient (Wildman–Crippen LogP) is 2.90. The zero-order chi connectivity index (χ0) is 18.8. The molecule has 0 aliphatic carbocycles. The molecule has 1 aromatic carbocycles. The fourth-order valence-corrected chi connectivity index (χ4v) is 2.86. The quantitative estimate of drug-likeness (QED) is 0.594. The van der Waals surface area contributed by atoms with Crippen LogP contribution in [0.25, 0.3) is 5.65 Å². The smallest absolute Gasteiger partial charge is 0.255 e. The summed E-state index contributed by atoms with van der Waals surface area (Å²) in [6.45, 7) is 0.537. The minimum Gasteiger partial charge on any atom is -0.378 e. The first-order valence-corrected chi connectivity index (χ1v) is 8.62. The van der Waals surface area contributed by atoms with Gasteiger partial charge in [0, 0.05) is 43.9 Å². The Labute approximate surface area is 156 Å². The molecule has 0 saturated heterocycles. The zero-order valence-corrected chi connectivity index (χ0v) is 15.2. The van der Waals surface area contributed by atoms with Crippen molar-refractivity contribution < 1.29 is 4.79 Å². The number of amides is 1. The Balaban J connectivity index is 1.43. The third-order valence-electron chi connectivity index (χ3n) is 4.27. The number of nitrogens with one attached hydrogen (secondary N) is 1. The number of anilines is 2. The number of hydrogen-bond donors (Lipinski definition) is 1. The van der Waals surface area contributed by atoms with Crippen molar-refractivity contribution in [3.05, 3.63) is 78.5 Å². The molecule has 0 aliphatic rings. The van der Waals surface area contributed by atoms with Crippen LogP contribution in [0.15, 0.2) is 67.3 Å². The van der Waals surface area contributed by atoms with Gasteiger partial charge in [0.1, 0.15) is 5.65 Å². The average molecular weight is 360 g/mol. The topological polar surface area (TPSA) is 67.5 Å². The van der Waals surface area contributed by atoms with E-state index >= 15 is 0 Å². The van der Waals surface area contributed by atoms with E-state index in [-0.39, 0.29) is 5.91 Å². The molecule has 1 N–H and O–H groups in total. The van der Waals surface area contributed by atoms with Crippen molar-refractivity contribution in [2.24, 2.45) is 0 Å². The fraction of sp³-hybridized carbons (Fsp3) is 0.150. The highest BCUT2D eigenvalue weighted by molar-refractivity contribution is 6.04. The molecule has 0 bridgehead atoms. The Bertz CT molecular complexity index is 1040. The van der Waals surface area contributed by atoms with Gasteiger partial charge in [-0.05, 0) is 36.4 Å². The number of pyridine rings is 1. The van der Waals surface area contributed by atoms with Gasteiger partial charge >= 0.3 is 0 Å². The van der Waals surface area contributed by atoms with E-state index in [0.29, 0.717) is 17.8 Å². The standard InChI is InChI=1S/C20H20N6O/c1-24(2)18-8-6-15(7-9-18)20(27)23-16-11-21-26(13-16)14-17-12-25-10-4-3-5-19(25)22-17/h3-13H,14H2,1-2H3,(H,23,27). The summed E-state index contributed by atoms with van der Waals surface area (Å²) in [7, 11) is 3.93. The third-order valence-corrected chi connectivity index (χ3v) is 4.27. The van der Waals surface area contributed by atoms with Gasteiger partial charge in [-0.15, -0.1) is 0 Å². The Morgan fingerprint density at radius 1 is 1.11 bits per heavy atom. The van der Waals surface area contributed by atoms with Crippen molar-refractivity contribution in [2.75, 3.05) is 24.3 Å². The van der Waals surface area contributed by atoms with Crippen molar-refractivity contribution in [1.82, 2.24) is 19.2 Å². The lowest BCUT2D eigenvalue weighted by Crippen LogP contribution is -2.12. The number of aromatic nitrogens is 4. The van der Waals surface area contributed by atoms with Crippen LogP contribution in [0.1, 0.15) is 16.1 Å². The van der Waals surface area contributed by atoms with Gasteiger partial charge in [-0.25, -0.2) is 4.98 Å². The van der Waals surface area contributed by atoms with Crippen molar-refractivity contribution in [2.45, 2.75) is 6.54 Å². The van der Waals surface area contributed by atoms with Crippen molar-refractivity contribution in [3.8, 4) is 0 Å². The maximum Gasteiger partial charge on any atom is 0.255 e. The summed E-state index contributed by atoms with van der Waals surface area (Å²) in [6.07, 6.45) is 7.38. The summed E-state index contributed by atoms with van der Waals surface area (Å²) in [5.41, 5.74) is 4.11. The zero-order valence-electron chi connectivity index (χ0n) is 15.2. The number of fused-ring (bicyclic) bond motifs is 1. The van der Waals surface area contributed by atoms with Crippen LogP contribution in [0, 0.1) is 0 Å². The van der Waals surface area contributed by atoms with Crippen LogP contribution >= 0.6 is 0 Å². The van der Waals surface area contributed by atoms with E-state index in [1.807, 2.05) is 78.3 Å². The van der Waals surface area contributed by atoms with Gasteiger partial charge in [0.15, 0.2) is 0 Å². The highest BCUT2D eigenvalue weighted by Crippen LogP contribution is 2.14. The number of carbonyl (C=O) groups is 1. The van der Waals surface area contributed by atoms with Gasteiger partial charge in [-0.3, -0.25) is 9.48 Å². The molecule has 0 unspecified atom stereocenters. The summed E-state index contributed by atoms with van der Waals surface area (Å²) < 4.78 is 3.73. The second-order valence-electron chi connectivity index (χ2n) is 6.52. The van der Waals surface area contributed by atoms with Gasteiger partial charge < -0.3 is 14.6 Å². The lowest BCUT2D eigenvalue weighted by atomic mass is 10.2. The molecule has 0 spiro atoms. The largest absolute Gasteiger partial charge is 0.378 e. The highest BCUT2D eigenvalue weighted by atomic mass is 16.1. The molecule has 0 aliphatic heterocycles. The van der Waals surface area contributed by atoms with E-state index in [2.05, 4.69) is 15.4 Å². The van der Waals surface area contributed by atoms with Crippen molar-refractivity contribution in [3.63, 3.8) is 0 Å². The lowest BCUT2D eigenvalue weighted by molar-refractivity contribution is 0.102. The van der Waals surface area contributed by atoms with Gasteiger partial charge in [0.2, 0.25) is 0 Å². The molecule has 136 valence electrons. The number of benzene rings is 1. The minimum absolute atomic E-state index is 0.160. The first-order valence-electron chi connectivity index (χ1n) is 8.62. The van der Waals surface area contributed by atoms with Crippen LogP contribution in [0.5, 0.6) is 0 Å². The van der Waals surface area contributed by atoms with E-state index < -0.39 is 0 Å². The molecular formula is C20H20N6O. The van der Waals surface area contributed by atoms with Gasteiger partial charge in [0.25, 0.3) is 5.91 Å². The molecule has 7 nitrogen and oxygen atoms in total. The predicted molar refractivity (Wildman–Crippen MR) is 105 cm³/mol. The number of hydrogen-bond acceptors (Lipinski definition) is 4. The van der Waals surface area contributed by atoms with Crippen molar-refractivity contribution >= 4 is 22.9 Å². The Morgan fingerprint density at radius 2 is 1.93 bits per heavy atom. The summed E-state index contributed by atoms with van der Waals surface area (Å²) in [4.78, 5) is 19.0. The Morgan fingerprint density at radius 3 is 2.67 bits per heavy atom. The van der Waals surface area contributed by atoms with E-state index in [4.69, 9.17) is 0 Å². The van der Waals surface area contributed by atoms with Crippen LogP contribution in [0.4, 0.5) is 11.4 Å². The molecule has 0 fully saturated rings. The highest BCUT2D eigenvalue weighted by Gasteiger charge is 2.09. The summed E-state index contributed by atoms with van der Waals surface area (Å²) in [5.74, 6) is -0.160. The number of carbonyl (C=O) groups excluding carboxylic acids is 1. The maximum atomic E-state index is 12.4. The Hall–Kier alpha value is -3.61.